The van der Waals surface area contributed by atoms with Crippen LogP contribution in [0, 0.1) is 0 Å². The fourth-order valence-corrected chi connectivity index (χ4v) is 2.50. The summed E-state index contributed by atoms with van der Waals surface area (Å²) in [5.41, 5.74) is 1.23. The van der Waals surface area contributed by atoms with Gasteiger partial charge in [0.05, 0.1) is 6.10 Å². The van der Waals surface area contributed by atoms with Gasteiger partial charge in [-0.2, -0.15) is 0 Å². The molecule has 1 radical (unpaired) electrons. The van der Waals surface area contributed by atoms with Crippen LogP contribution in [0.3, 0.4) is 0 Å². The van der Waals surface area contributed by atoms with Crippen LogP contribution in [0.4, 0.5) is 0 Å². The summed E-state index contributed by atoms with van der Waals surface area (Å²) >= 11 is 0. The van der Waals surface area contributed by atoms with Crippen molar-refractivity contribution in [2.45, 2.75) is 51.7 Å². The highest BCUT2D eigenvalue weighted by Gasteiger charge is 2.16. The van der Waals surface area contributed by atoms with Crippen LogP contribution in [0.1, 0.15) is 39.0 Å². The highest BCUT2D eigenvalue weighted by atomic mass is 28.3. The van der Waals surface area contributed by atoms with Crippen molar-refractivity contribution < 1.29 is 8.85 Å². The van der Waals surface area contributed by atoms with E-state index in [4.69, 9.17) is 8.85 Å². The SMILES string of the molecule is CO[Si](C)OC(C)C1=NCCCCCC1. The third kappa shape index (κ3) is 4.91. The van der Waals surface area contributed by atoms with Gasteiger partial charge in [0, 0.05) is 19.4 Å². The van der Waals surface area contributed by atoms with Gasteiger partial charge in [0.2, 0.25) is 0 Å². The summed E-state index contributed by atoms with van der Waals surface area (Å²) in [7, 11) is 0.631. The standard InChI is InChI=1S/C11H22NO2Si/c1-10(14-15(3)13-2)11-8-6-4-5-7-9-12-11/h10H,4-9H2,1-3H3. The predicted molar refractivity (Wildman–Crippen MR) is 64.6 cm³/mol. The normalized spacial score (nSPS) is 20.7. The van der Waals surface area contributed by atoms with Crippen molar-refractivity contribution in [2.24, 2.45) is 4.99 Å². The Hall–Kier alpha value is -0.193. The fourth-order valence-electron chi connectivity index (χ4n) is 1.77. The maximum atomic E-state index is 5.78. The third-order valence-corrected chi connectivity index (χ3v) is 4.02. The Morgan fingerprint density at radius 3 is 2.73 bits per heavy atom. The molecule has 0 aromatic rings. The lowest BCUT2D eigenvalue weighted by atomic mass is 10.0. The molecule has 15 heavy (non-hydrogen) atoms. The molecule has 1 rings (SSSR count). The summed E-state index contributed by atoms with van der Waals surface area (Å²) in [6.45, 7) is 5.08. The molecule has 0 aliphatic carbocycles. The van der Waals surface area contributed by atoms with Gasteiger partial charge in [-0.25, -0.2) is 0 Å². The second-order valence-electron chi connectivity index (χ2n) is 3.99. The molecule has 0 aromatic heterocycles. The molecular weight excluding hydrogens is 206 g/mol. The van der Waals surface area contributed by atoms with E-state index in [0.29, 0.717) is 0 Å². The van der Waals surface area contributed by atoms with E-state index >= 15 is 0 Å². The topological polar surface area (TPSA) is 30.8 Å². The molecule has 1 heterocycles. The van der Waals surface area contributed by atoms with Crippen LogP contribution in [0.15, 0.2) is 4.99 Å². The van der Waals surface area contributed by atoms with Crippen LogP contribution in [-0.4, -0.2) is 34.8 Å². The number of hydrogen-bond donors (Lipinski definition) is 0. The lowest BCUT2D eigenvalue weighted by molar-refractivity contribution is 0.212. The maximum Gasteiger partial charge on any atom is 0.381 e. The van der Waals surface area contributed by atoms with Gasteiger partial charge in [0.15, 0.2) is 0 Å². The van der Waals surface area contributed by atoms with E-state index in [1.54, 1.807) is 7.11 Å². The zero-order valence-electron chi connectivity index (χ0n) is 10.1. The van der Waals surface area contributed by atoms with Gasteiger partial charge in [-0.3, -0.25) is 4.99 Å². The largest absolute Gasteiger partial charge is 0.397 e. The van der Waals surface area contributed by atoms with Gasteiger partial charge in [0.25, 0.3) is 0 Å². The van der Waals surface area contributed by atoms with Gasteiger partial charge >= 0.3 is 9.28 Å². The summed E-state index contributed by atoms with van der Waals surface area (Å²) in [6.07, 6.45) is 6.38. The lowest BCUT2D eigenvalue weighted by Crippen LogP contribution is -2.29. The number of hydrogen-bond acceptors (Lipinski definition) is 3. The van der Waals surface area contributed by atoms with Crippen molar-refractivity contribution in [1.82, 2.24) is 0 Å². The third-order valence-electron chi connectivity index (χ3n) is 2.76. The Balaban J connectivity index is 2.44. The molecule has 0 amide bonds. The van der Waals surface area contributed by atoms with E-state index in [1.807, 2.05) is 6.55 Å². The van der Waals surface area contributed by atoms with E-state index in [-0.39, 0.29) is 6.10 Å². The smallest absolute Gasteiger partial charge is 0.381 e. The molecule has 1 aliphatic rings. The van der Waals surface area contributed by atoms with E-state index in [2.05, 4.69) is 11.9 Å². The van der Waals surface area contributed by atoms with Gasteiger partial charge < -0.3 is 8.85 Å². The van der Waals surface area contributed by atoms with Crippen molar-refractivity contribution in [2.75, 3.05) is 13.7 Å². The van der Waals surface area contributed by atoms with Gasteiger partial charge in [0.1, 0.15) is 0 Å². The molecule has 0 N–H and O–H groups in total. The first kappa shape index (κ1) is 12.9. The van der Waals surface area contributed by atoms with Crippen molar-refractivity contribution >= 4 is 15.0 Å². The Labute approximate surface area is 94.7 Å². The summed E-state index contributed by atoms with van der Waals surface area (Å²) < 4.78 is 11.0. The number of aliphatic imine (C=N–C) groups is 1. The molecule has 0 bridgehead atoms. The highest BCUT2D eigenvalue weighted by molar-refractivity contribution is 6.42. The van der Waals surface area contributed by atoms with Crippen LogP contribution in [-0.2, 0) is 8.85 Å². The minimum atomic E-state index is -1.08. The maximum absolute atomic E-state index is 5.78. The van der Waals surface area contributed by atoms with E-state index in [9.17, 15) is 0 Å². The summed E-state index contributed by atoms with van der Waals surface area (Å²) in [5.74, 6) is 0. The summed E-state index contributed by atoms with van der Waals surface area (Å²) in [6, 6.07) is 0. The number of nitrogens with zero attached hydrogens (tertiary/aromatic N) is 1. The van der Waals surface area contributed by atoms with E-state index < -0.39 is 9.28 Å². The molecular formula is C11H22NO2Si. The van der Waals surface area contributed by atoms with E-state index in [0.717, 1.165) is 13.0 Å². The minimum Gasteiger partial charge on any atom is -0.397 e. The van der Waals surface area contributed by atoms with Gasteiger partial charge in [-0.15, -0.1) is 0 Å². The first-order valence-corrected chi connectivity index (χ1v) is 7.63. The van der Waals surface area contributed by atoms with Crippen molar-refractivity contribution in [1.29, 1.82) is 0 Å². The molecule has 0 spiro atoms. The average molecular weight is 228 g/mol. The van der Waals surface area contributed by atoms with E-state index in [1.165, 1.54) is 31.4 Å². The molecule has 0 saturated carbocycles. The molecule has 0 fully saturated rings. The van der Waals surface area contributed by atoms with Crippen molar-refractivity contribution in [3.8, 4) is 0 Å². The molecule has 1 aliphatic heterocycles. The molecule has 0 aromatic carbocycles. The molecule has 3 nitrogen and oxygen atoms in total. The molecule has 1 atom stereocenters. The molecule has 87 valence electrons. The van der Waals surface area contributed by atoms with Crippen LogP contribution in [0.25, 0.3) is 0 Å². The average Bonchev–Trinajstić information content (AvgIpc) is 2.16. The van der Waals surface area contributed by atoms with Crippen LogP contribution in [0.5, 0.6) is 0 Å². The first-order chi connectivity index (χ1) is 7.24. The summed E-state index contributed by atoms with van der Waals surface area (Å²) in [4.78, 5) is 4.62. The molecule has 1 unspecified atom stereocenters. The Kier molecular flexibility index (Phi) is 6.13. The van der Waals surface area contributed by atoms with Crippen molar-refractivity contribution in [3.63, 3.8) is 0 Å². The zero-order chi connectivity index (χ0) is 11.1. The van der Waals surface area contributed by atoms with Crippen LogP contribution >= 0.6 is 0 Å². The number of rotatable bonds is 4. The Morgan fingerprint density at radius 1 is 1.27 bits per heavy atom. The fraction of sp³-hybridized carbons (Fsp3) is 0.909. The second kappa shape index (κ2) is 7.14. The zero-order valence-corrected chi connectivity index (χ0v) is 11.1. The van der Waals surface area contributed by atoms with Gasteiger partial charge in [-0.05, 0) is 32.7 Å². The molecule has 0 saturated heterocycles. The Morgan fingerprint density at radius 2 is 2.00 bits per heavy atom. The first-order valence-electron chi connectivity index (χ1n) is 5.81. The predicted octanol–water partition coefficient (Wildman–Crippen LogP) is 2.56. The van der Waals surface area contributed by atoms with Crippen molar-refractivity contribution in [3.05, 3.63) is 0 Å². The van der Waals surface area contributed by atoms with Gasteiger partial charge in [-0.1, -0.05) is 12.8 Å². The summed E-state index contributed by atoms with van der Waals surface area (Å²) in [5, 5.41) is 0. The second-order valence-corrected chi connectivity index (χ2v) is 5.62. The highest BCUT2D eigenvalue weighted by Crippen LogP contribution is 2.12. The minimum absolute atomic E-state index is 0.141. The molecule has 4 heteroatoms. The van der Waals surface area contributed by atoms with Crippen LogP contribution < -0.4 is 0 Å². The monoisotopic (exact) mass is 228 g/mol. The lowest BCUT2D eigenvalue weighted by Gasteiger charge is -2.19. The quantitative estimate of drug-likeness (QED) is 0.692. The van der Waals surface area contributed by atoms with Crippen LogP contribution in [0.2, 0.25) is 6.55 Å². The Bertz CT molecular complexity index is 209.